The van der Waals surface area contributed by atoms with Gasteiger partial charge < -0.3 is 5.32 Å². The third kappa shape index (κ3) is 2.30. The van der Waals surface area contributed by atoms with E-state index in [1.807, 2.05) is 11.7 Å². The van der Waals surface area contributed by atoms with Crippen LogP contribution in [0.3, 0.4) is 0 Å². The molecule has 0 aromatic carbocycles. The summed E-state index contributed by atoms with van der Waals surface area (Å²) >= 11 is 1.65. The molecule has 1 aliphatic carbocycles. The van der Waals surface area contributed by atoms with Crippen molar-refractivity contribution in [1.29, 1.82) is 0 Å². The molecule has 2 nitrogen and oxygen atoms in total. The van der Waals surface area contributed by atoms with Crippen molar-refractivity contribution in [3.8, 4) is 0 Å². The maximum atomic E-state index is 12.9. The van der Waals surface area contributed by atoms with Crippen LogP contribution in [0.1, 0.15) is 37.1 Å². The van der Waals surface area contributed by atoms with E-state index >= 15 is 0 Å². The topological polar surface area (TPSA) is 24.9 Å². The minimum absolute atomic E-state index is 0.304. The van der Waals surface area contributed by atoms with Crippen molar-refractivity contribution >= 4 is 11.3 Å². The summed E-state index contributed by atoms with van der Waals surface area (Å²) in [5, 5.41) is 3.44. The van der Waals surface area contributed by atoms with Crippen LogP contribution in [-0.4, -0.2) is 17.2 Å². The number of thiazole rings is 1. The quantitative estimate of drug-likeness (QED) is 0.836. The predicted octanol–water partition coefficient (Wildman–Crippen LogP) is 2.68. The Kier molecular flexibility index (Phi) is 3.13. The van der Waals surface area contributed by atoms with Gasteiger partial charge in [0.2, 0.25) is 0 Å². The van der Waals surface area contributed by atoms with Gasteiger partial charge in [-0.05, 0) is 26.2 Å². The molecule has 2 rings (SSSR count). The standard InChI is InChI=1S/C10H15FN2S/c1-7(10-5-12-6-14-10)13-9-3-2-8(11)4-9/h5-9,13H,2-4H2,1H3. The van der Waals surface area contributed by atoms with Crippen molar-refractivity contribution in [3.63, 3.8) is 0 Å². The van der Waals surface area contributed by atoms with Gasteiger partial charge in [0.15, 0.2) is 0 Å². The van der Waals surface area contributed by atoms with Gasteiger partial charge in [0.25, 0.3) is 0 Å². The number of alkyl halides is 1. The zero-order valence-corrected chi connectivity index (χ0v) is 9.06. The lowest BCUT2D eigenvalue weighted by molar-refractivity contribution is 0.330. The second-order valence-corrected chi connectivity index (χ2v) is 4.82. The normalized spacial score (nSPS) is 29.3. The lowest BCUT2D eigenvalue weighted by Crippen LogP contribution is -2.29. The summed E-state index contributed by atoms with van der Waals surface area (Å²) in [6.45, 7) is 2.11. The Bertz CT molecular complexity index is 276. The van der Waals surface area contributed by atoms with E-state index in [9.17, 15) is 4.39 Å². The van der Waals surface area contributed by atoms with Crippen LogP contribution in [0.15, 0.2) is 11.7 Å². The number of hydrogen-bond acceptors (Lipinski definition) is 3. The fourth-order valence-corrected chi connectivity index (χ4v) is 2.59. The molecule has 0 aliphatic heterocycles. The van der Waals surface area contributed by atoms with E-state index < -0.39 is 6.17 Å². The maximum Gasteiger partial charge on any atom is 0.102 e. The molecule has 78 valence electrons. The number of halogens is 1. The molecular formula is C10H15FN2S. The molecule has 1 aromatic heterocycles. The second-order valence-electron chi connectivity index (χ2n) is 3.90. The number of nitrogens with one attached hydrogen (secondary N) is 1. The summed E-state index contributed by atoms with van der Waals surface area (Å²) in [7, 11) is 0. The van der Waals surface area contributed by atoms with Crippen molar-refractivity contribution in [2.45, 2.75) is 44.4 Å². The largest absolute Gasteiger partial charge is 0.307 e. The summed E-state index contributed by atoms with van der Waals surface area (Å²) in [5.74, 6) is 0. The molecule has 1 N–H and O–H groups in total. The Morgan fingerprint density at radius 3 is 3.07 bits per heavy atom. The van der Waals surface area contributed by atoms with Crippen LogP contribution in [0.25, 0.3) is 0 Å². The SMILES string of the molecule is CC(NC1CCC(F)C1)c1cncs1. The molecule has 14 heavy (non-hydrogen) atoms. The number of hydrogen-bond donors (Lipinski definition) is 1. The van der Waals surface area contributed by atoms with Crippen LogP contribution in [0.5, 0.6) is 0 Å². The first kappa shape index (κ1) is 10.1. The molecule has 0 amide bonds. The fourth-order valence-electron chi connectivity index (χ4n) is 1.95. The molecule has 1 fully saturated rings. The van der Waals surface area contributed by atoms with Crippen molar-refractivity contribution in [3.05, 3.63) is 16.6 Å². The van der Waals surface area contributed by atoms with E-state index in [0.29, 0.717) is 24.9 Å². The number of rotatable bonds is 3. The van der Waals surface area contributed by atoms with Crippen molar-refractivity contribution in [2.24, 2.45) is 0 Å². The van der Waals surface area contributed by atoms with E-state index in [1.54, 1.807) is 11.3 Å². The molecule has 1 heterocycles. The Balaban J connectivity index is 1.86. The highest BCUT2D eigenvalue weighted by Gasteiger charge is 2.25. The molecule has 1 aromatic rings. The van der Waals surface area contributed by atoms with Gasteiger partial charge in [-0.1, -0.05) is 0 Å². The fraction of sp³-hybridized carbons (Fsp3) is 0.700. The van der Waals surface area contributed by atoms with Gasteiger partial charge in [0.05, 0.1) is 5.51 Å². The second kappa shape index (κ2) is 4.36. The van der Waals surface area contributed by atoms with Crippen molar-refractivity contribution in [1.82, 2.24) is 10.3 Å². The molecule has 4 heteroatoms. The molecule has 0 radical (unpaired) electrons. The van der Waals surface area contributed by atoms with Gasteiger partial charge in [-0.25, -0.2) is 4.39 Å². The smallest absolute Gasteiger partial charge is 0.102 e. The van der Waals surface area contributed by atoms with Crippen LogP contribution in [-0.2, 0) is 0 Å². The van der Waals surface area contributed by atoms with Crippen molar-refractivity contribution < 1.29 is 4.39 Å². The summed E-state index contributed by atoms with van der Waals surface area (Å²) < 4.78 is 12.9. The molecule has 3 unspecified atom stereocenters. The summed E-state index contributed by atoms with van der Waals surface area (Å²) in [6.07, 6.45) is 3.63. The average molecular weight is 214 g/mol. The number of aromatic nitrogens is 1. The molecule has 1 aliphatic rings. The molecule has 0 saturated heterocycles. The maximum absolute atomic E-state index is 12.9. The van der Waals surface area contributed by atoms with E-state index in [2.05, 4.69) is 17.2 Å². The Hall–Kier alpha value is -0.480. The molecule has 3 atom stereocenters. The zero-order chi connectivity index (χ0) is 9.97. The number of nitrogens with zero attached hydrogens (tertiary/aromatic N) is 1. The van der Waals surface area contributed by atoms with Gasteiger partial charge in [-0.15, -0.1) is 11.3 Å². The van der Waals surface area contributed by atoms with Crippen LogP contribution in [0, 0.1) is 0 Å². The average Bonchev–Trinajstić information content (AvgIpc) is 2.75. The first-order valence-corrected chi connectivity index (χ1v) is 5.92. The minimum Gasteiger partial charge on any atom is -0.307 e. The van der Waals surface area contributed by atoms with Gasteiger partial charge in [0, 0.05) is 23.2 Å². The Morgan fingerprint density at radius 2 is 2.50 bits per heavy atom. The third-order valence-electron chi connectivity index (χ3n) is 2.73. The van der Waals surface area contributed by atoms with Crippen LogP contribution in [0.4, 0.5) is 4.39 Å². The minimum atomic E-state index is -0.596. The summed E-state index contributed by atoms with van der Waals surface area (Å²) in [6, 6.07) is 0.653. The van der Waals surface area contributed by atoms with E-state index in [4.69, 9.17) is 0 Å². The van der Waals surface area contributed by atoms with E-state index in [-0.39, 0.29) is 0 Å². The zero-order valence-electron chi connectivity index (χ0n) is 8.24. The van der Waals surface area contributed by atoms with Gasteiger partial charge in [0.1, 0.15) is 6.17 Å². The lowest BCUT2D eigenvalue weighted by atomic mass is 10.2. The highest BCUT2D eigenvalue weighted by molar-refractivity contribution is 7.09. The lowest BCUT2D eigenvalue weighted by Gasteiger charge is -2.17. The molecule has 0 bridgehead atoms. The third-order valence-corrected chi connectivity index (χ3v) is 3.69. The van der Waals surface area contributed by atoms with Crippen molar-refractivity contribution in [2.75, 3.05) is 0 Å². The van der Waals surface area contributed by atoms with Crippen LogP contribution >= 0.6 is 11.3 Å². The van der Waals surface area contributed by atoms with E-state index in [1.165, 1.54) is 4.88 Å². The molecular weight excluding hydrogens is 199 g/mol. The highest BCUT2D eigenvalue weighted by atomic mass is 32.1. The molecule has 1 saturated carbocycles. The van der Waals surface area contributed by atoms with Gasteiger partial charge in [-0.3, -0.25) is 4.98 Å². The monoisotopic (exact) mass is 214 g/mol. The van der Waals surface area contributed by atoms with Gasteiger partial charge >= 0.3 is 0 Å². The summed E-state index contributed by atoms with van der Waals surface area (Å²) in [5.41, 5.74) is 1.83. The predicted molar refractivity (Wildman–Crippen MR) is 56.2 cm³/mol. The Labute approximate surface area is 87.6 Å². The Morgan fingerprint density at radius 1 is 1.64 bits per heavy atom. The van der Waals surface area contributed by atoms with Gasteiger partial charge in [-0.2, -0.15) is 0 Å². The first-order valence-electron chi connectivity index (χ1n) is 5.04. The van der Waals surface area contributed by atoms with Crippen LogP contribution in [0.2, 0.25) is 0 Å². The van der Waals surface area contributed by atoms with E-state index in [0.717, 1.165) is 6.42 Å². The highest BCUT2D eigenvalue weighted by Crippen LogP contribution is 2.25. The molecule has 0 spiro atoms. The first-order chi connectivity index (χ1) is 6.75. The summed E-state index contributed by atoms with van der Waals surface area (Å²) in [4.78, 5) is 5.27. The van der Waals surface area contributed by atoms with Crippen LogP contribution < -0.4 is 5.32 Å².